The van der Waals surface area contributed by atoms with E-state index in [2.05, 4.69) is 20.2 Å². The second-order valence-corrected chi connectivity index (χ2v) is 13.5. The van der Waals surface area contributed by atoms with E-state index in [9.17, 15) is 14.7 Å². The molecule has 6 aromatic rings. The molecule has 3 aromatic heterocycles. The molecule has 0 saturated heterocycles. The van der Waals surface area contributed by atoms with Gasteiger partial charge in [0, 0.05) is 48.4 Å². The van der Waals surface area contributed by atoms with Gasteiger partial charge < -0.3 is 14.8 Å². The van der Waals surface area contributed by atoms with Crippen molar-refractivity contribution in [1.82, 2.24) is 29.5 Å². The summed E-state index contributed by atoms with van der Waals surface area (Å²) in [7, 11) is 1.52. The number of carboxylic acids is 1. The number of nitrogens with zero attached hydrogens (tertiary/aromatic N) is 5. The van der Waals surface area contributed by atoms with E-state index < -0.39 is 53.7 Å². The van der Waals surface area contributed by atoms with E-state index in [4.69, 9.17) is 4.74 Å². The molecule has 0 amide bonds. The van der Waals surface area contributed by atoms with Gasteiger partial charge in [-0.1, -0.05) is 31.2 Å². The monoisotopic (exact) mass is 714 g/mol. The zero-order valence-corrected chi connectivity index (χ0v) is 28.5. The van der Waals surface area contributed by atoms with Crippen molar-refractivity contribution in [3.8, 4) is 17.3 Å². The number of ether oxygens (including phenoxy) is 1. The minimum absolute atomic E-state index is 0.0129. The highest BCUT2D eigenvalue weighted by molar-refractivity contribution is 6.12. The molecule has 10 nitrogen and oxygen atoms in total. The summed E-state index contributed by atoms with van der Waals surface area (Å²) >= 11 is 0. The van der Waals surface area contributed by atoms with Crippen LogP contribution in [0.1, 0.15) is 65.1 Å². The lowest BCUT2D eigenvalue weighted by Crippen LogP contribution is -2.32. The Hall–Kier alpha value is -5.79. The van der Waals surface area contributed by atoms with Gasteiger partial charge in [-0.15, -0.1) is 5.10 Å². The number of hydrogen-bond acceptors (Lipinski definition) is 6. The number of nitrogens with one attached hydrogen (secondary N) is 1. The number of aliphatic carboxylic acids is 1. The minimum Gasteiger partial charge on any atom is -0.481 e. The molecule has 1 unspecified atom stereocenters. The summed E-state index contributed by atoms with van der Waals surface area (Å²) in [5, 5.41) is 18.9. The van der Waals surface area contributed by atoms with Crippen LogP contribution in [0.3, 0.4) is 0 Å². The van der Waals surface area contributed by atoms with E-state index in [1.54, 1.807) is 50.4 Å². The molecule has 0 fully saturated rings. The van der Waals surface area contributed by atoms with Crippen LogP contribution in [-0.4, -0.2) is 58.9 Å². The number of alkyl halides is 2. The van der Waals surface area contributed by atoms with Crippen molar-refractivity contribution in [2.24, 2.45) is 13.0 Å². The fraction of sp³-hybridized carbons (Fsp3) is 0.289. The Balaban J connectivity index is 1.40. The highest BCUT2D eigenvalue weighted by atomic mass is 19.3. The maximum Gasteiger partial charge on any atom is 0.306 e. The molecule has 0 saturated carbocycles. The number of halogens is 4. The van der Waals surface area contributed by atoms with Crippen LogP contribution >= 0.6 is 0 Å². The van der Waals surface area contributed by atoms with E-state index in [1.807, 2.05) is 0 Å². The summed E-state index contributed by atoms with van der Waals surface area (Å²) in [4.78, 5) is 33.4. The number of carbonyl (C=O) groups is 2. The second kappa shape index (κ2) is 13.1. The summed E-state index contributed by atoms with van der Waals surface area (Å²) in [6, 6.07) is 14.9. The van der Waals surface area contributed by atoms with Crippen LogP contribution in [0.15, 0.2) is 73.1 Å². The zero-order chi connectivity index (χ0) is 36.9. The number of benzene rings is 3. The van der Waals surface area contributed by atoms with Gasteiger partial charge in [0.25, 0.3) is 5.92 Å². The van der Waals surface area contributed by atoms with Crippen LogP contribution in [0.2, 0.25) is 0 Å². The molecule has 2 atom stereocenters. The number of aromatic nitrogens is 6. The molecule has 6 bridgehead atoms. The maximum absolute atomic E-state index is 15.9. The van der Waals surface area contributed by atoms with Crippen molar-refractivity contribution in [3.05, 3.63) is 118 Å². The Kier molecular flexibility index (Phi) is 8.71. The molecule has 4 heterocycles. The van der Waals surface area contributed by atoms with Gasteiger partial charge in [-0.2, -0.15) is 5.10 Å². The molecule has 2 N–H and O–H groups in total. The standard InChI is InChI=1S/C38H34F4N6O4/c1-21(35(50)51)15-22-5-4-6-24(16-22)37(2)11-12-38(41,42)20-52-31-10-14-48(45-31)19-27-25-9-13-43-30(25)18-29(40)32(27)33(49)23-7-8-28(39)26(17-23)34-44-36(37)46-47(34)3/h4-10,13-14,16-18,21,43H,11-12,15,19-20H2,1-3H3,(H,50,51)/t21-,37?/m0/s1. The molecule has 14 heteroatoms. The molecule has 0 aliphatic carbocycles. The molecule has 1 aliphatic heterocycles. The Morgan fingerprint density at radius 1 is 1.06 bits per heavy atom. The van der Waals surface area contributed by atoms with E-state index in [0.29, 0.717) is 22.0 Å². The predicted octanol–water partition coefficient (Wildman–Crippen LogP) is 7.09. The average Bonchev–Trinajstić information content (AvgIpc) is 3.86. The fourth-order valence-electron chi connectivity index (χ4n) is 6.71. The van der Waals surface area contributed by atoms with E-state index >= 15 is 17.6 Å². The molecule has 7 rings (SSSR count). The summed E-state index contributed by atoms with van der Waals surface area (Å²) < 4.78 is 71.0. The third-order valence-electron chi connectivity index (χ3n) is 9.75. The first kappa shape index (κ1) is 34.6. The number of fused-ring (bicyclic) bond motifs is 10. The Labute approximate surface area is 295 Å². The highest BCUT2D eigenvalue weighted by Crippen LogP contribution is 2.40. The van der Waals surface area contributed by atoms with Crippen molar-refractivity contribution in [2.45, 2.75) is 51.0 Å². The van der Waals surface area contributed by atoms with Crippen molar-refractivity contribution in [3.63, 3.8) is 0 Å². The van der Waals surface area contributed by atoms with Crippen molar-refractivity contribution >= 4 is 22.7 Å². The number of aryl methyl sites for hydroxylation is 1. The number of ketones is 1. The van der Waals surface area contributed by atoms with E-state index in [-0.39, 0.29) is 59.2 Å². The molecule has 268 valence electrons. The molecule has 1 aliphatic rings. The molecule has 3 aromatic carbocycles. The molecule has 0 spiro atoms. The molecular formula is C38H34F4N6O4. The molecule has 52 heavy (non-hydrogen) atoms. The minimum atomic E-state index is -3.35. The number of rotatable bonds is 4. The van der Waals surface area contributed by atoms with Gasteiger partial charge in [-0.05, 0) is 66.8 Å². The van der Waals surface area contributed by atoms with Crippen LogP contribution in [0.5, 0.6) is 5.88 Å². The van der Waals surface area contributed by atoms with Gasteiger partial charge in [0.05, 0.1) is 29.0 Å². The maximum atomic E-state index is 15.9. The summed E-state index contributed by atoms with van der Waals surface area (Å²) in [6.45, 7) is 2.17. The van der Waals surface area contributed by atoms with Crippen LogP contribution < -0.4 is 4.74 Å². The van der Waals surface area contributed by atoms with Crippen molar-refractivity contribution in [2.75, 3.05) is 6.61 Å². The molecular weight excluding hydrogens is 680 g/mol. The van der Waals surface area contributed by atoms with Crippen LogP contribution in [0.4, 0.5) is 17.6 Å². The van der Waals surface area contributed by atoms with Gasteiger partial charge in [0.2, 0.25) is 5.88 Å². The van der Waals surface area contributed by atoms with Crippen molar-refractivity contribution < 1.29 is 37.0 Å². The van der Waals surface area contributed by atoms with Gasteiger partial charge in [0.15, 0.2) is 24.0 Å². The predicted molar refractivity (Wildman–Crippen MR) is 182 cm³/mol. The number of H-pyrrole nitrogens is 1. The summed E-state index contributed by atoms with van der Waals surface area (Å²) in [5.74, 6) is -7.25. The Morgan fingerprint density at radius 2 is 1.87 bits per heavy atom. The van der Waals surface area contributed by atoms with Gasteiger partial charge in [-0.25, -0.2) is 27.2 Å². The third-order valence-corrected chi connectivity index (χ3v) is 9.75. The number of carbonyl (C=O) groups excluding carboxylic acids is 1. The lowest BCUT2D eigenvalue weighted by Gasteiger charge is -2.30. The van der Waals surface area contributed by atoms with Crippen LogP contribution in [0, 0.1) is 17.6 Å². The molecule has 0 radical (unpaired) electrons. The number of hydrogen-bond donors (Lipinski definition) is 2. The number of carboxylic acid groups (broad SMARTS) is 1. The lowest BCUT2D eigenvalue weighted by molar-refractivity contribution is -0.141. The quantitative estimate of drug-likeness (QED) is 0.187. The van der Waals surface area contributed by atoms with E-state index in [0.717, 1.165) is 6.07 Å². The smallest absolute Gasteiger partial charge is 0.306 e. The third kappa shape index (κ3) is 6.44. The normalized spacial score (nSPS) is 18.2. The topological polar surface area (TPSA) is 128 Å². The van der Waals surface area contributed by atoms with Crippen LogP contribution in [0.25, 0.3) is 22.3 Å². The fourth-order valence-corrected chi connectivity index (χ4v) is 6.71. The first-order valence-electron chi connectivity index (χ1n) is 16.6. The van der Waals surface area contributed by atoms with Crippen molar-refractivity contribution in [1.29, 1.82) is 0 Å². The SMILES string of the molecule is C[C@@H](Cc1cccc(C2(C)CCC(F)(F)COc3ccn(n3)Cc3c(c(F)cc4[nH]ccc34)C(=O)c3ccc(F)c(c3)-c3nc2nn3C)c1)C(=O)O. The Morgan fingerprint density at radius 3 is 2.65 bits per heavy atom. The van der Waals surface area contributed by atoms with Gasteiger partial charge in [-0.3, -0.25) is 14.3 Å². The summed E-state index contributed by atoms with van der Waals surface area (Å²) in [6.07, 6.45) is 2.44. The second-order valence-electron chi connectivity index (χ2n) is 13.5. The largest absolute Gasteiger partial charge is 0.481 e. The summed E-state index contributed by atoms with van der Waals surface area (Å²) in [5.41, 5.74) is 0.290. The highest BCUT2D eigenvalue weighted by Gasteiger charge is 2.40. The average molecular weight is 715 g/mol. The zero-order valence-electron chi connectivity index (χ0n) is 28.5. The first-order chi connectivity index (χ1) is 24.7. The van der Waals surface area contributed by atoms with E-state index in [1.165, 1.54) is 46.9 Å². The number of aromatic amines is 1. The first-order valence-corrected chi connectivity index (χ1v) is 16.6. The van der Waals surface area contributed by atoms with Crippen LogP contribution in [-0.2, 0) is 30.2 Å². The lowest BCUT2D eigenvalue weighted by atomic mass is 9.76. The Bertz CT molecular complexity index is 2350. The van der Waals surface area contributed by atoms with Gasteiger partial charge in [0.1, 0.15) is 11.6 Å². The van der Waals surface area contributed by atoms with Gasteiger partial charge >= 0.3 is 5.97 Å².